The molecule has 0 aliphatic rings. The number of halogens is 2. The van der Waals surface area contributed by atoms with E-state index in [0.29, 0.717) is 11.3 Å². The Bertz CT molecular complexity index is 760. The van der Waals surface area contributed by atoms with Gasteiger partial charge in [0, 0.05) is 0 Å². The summed E-state index contributed by atoms with van der Waals surface area (Å²) in [7, 11) is 0. The van der Waals surface area contributed by atoms with E-state index in [1.807, 2.05) is 5.16 Å². The lowest BCUT2D eigenvalue weighted by Crippen LogP contribution is -1.85. The van der Waals surface area contributed by atoms with E-state index >= 15 is 0 Å². The highest BCUT2D eigenvalue weighted by molar-refractivity contribution is 7.78. The molecule has 0 aromatic heterocycles. The summed E-state index contributed by atoms with van der Waals surface area (Å²) in [6.07, 6.45) is 3.27. The highest BCUT2D eigenvalue weighted by Gasteiger charge is 2.08. The molecule has 102 valence electrons. The molecule has 0 fully saturated rings. The quantitative estimate of drug-likeness (QED) is 0.320. The molecule has 21 heavy (non-hydrogen) atoms. The molecule has 0 heterocycles. The van der Waals surface area contributed by atoms with Crippen LogP contribution >= 0.6 is 12.2 Å². The molecule has 2 aromatic carbocycles. The SMILES string of the molecule is [C-]#[N+]c1ccc(/C=C/c2cc(F)c(N=C=S)c(F)c2)cc1. The summed E-state index contributed by atoms with van der Waals surface area (Å²) < 4.78 is 27.3. The molecule has 0 spiro atoms. The van der Waals surface area contributed by atoms with Gasteiger partial charge in [-0.15, -0.1) is 0 Å². The Morgan fingerprint density at radius 3 is 2.14 bits per heavy atom. The van der Waals surface area contributed by atoms with Crippen LogP contribution in [-0.2, 0) is 0 Å². The van der Waals surface area contributed by atoms with E-state index in [1.54, 1.807) is 36.4 Å². The van der Waals surface area contributed by atoms with Crippen molar-refractivity contribution < 1.29 is 8.78 Å². The smallest absolute Gasteiger partial charge is 0.187 e. The fraction of sp³-hybridized carbons (Fsp3) is 0. The summed E-state index contributed by atoms with van der Waals surface area (Å²) in [5, 5.41) is 1.94. The fourth-order valence-electron chi connectivity index (χ4n) is 1.69. The van der Waals surface area contributed by atoms with Crippen LogP contribution < -0.4 is 0 Å². The number of nitrogens with zero attached hydrogens (tertiary/aromatic N) is 2. The number of thiocarbonyl (C=S) groups is 1. The molecule has 0 atom stereocenters. The van der Waals surface area contributed by atoms with Gasteiger partial charge in [0.2, 0.25) is 0 Å². The van der Waals surface area contributed by atoms with Gasteiger partial charge in [0.05, 0.1) is 11.7 Å². The summed E-state index contributed by atoms with van der Waals surface area (Å²) >= 11 is 4.34. The van der Waals surface area contributed by atoms with E-state index in [2.05, 4.69) is 22.1 Å². The standard InChI is InChI=1S/C16H8F2N2S/c1-19-13-6-4-11(5-7-13)2-3-12-8-14(17)16(20-10-21)15(18)9-12/h2-9H/b3-2+. The van der Waals surface area contributed by atoms with E-state index in [-0.39, 0.29) is 0 Å². The summed E-state index contributed by atoms with van der Waals surface area (Å²) in [5.41, 5.74) is 1.28. The molecule has 2 rings (SSSR count). The second-order valence-corrected chi connectivity index (χ2v) is 4.26. The topological polar surface area (TPSA) is 16.7 Å². The highest BCUT2D eigenvalue weighted by Crippen LogP contribution is 2.24. The number of aliphatic imine (C=N–C) groups is 1. The Kier molecular flexibility index (Phi) is 4.68. The van der Waals surface area contributed by atoms with Crippen LogP contribution in [0, 0.1) is 18.2 Å². The predicted octanol–water partition coefficient (Wildman–Crippen LogP) is 5.42. The third-order valence-corrected chi connectivity index (χ3v) is 2.78. The van der Waals surface area contributed by atoms with E-state index < -0.39 is 17.3 Å². The van der Waals surface area contributed by atoms with Crippen LogP contribution in [0.5, 0.6) is 0 Å². The Morgan fingerprint density at radius 1 is 1.05 bits per heavy atom. The highest BCUT2D eigenvalue weighted by atomic mass is 32.1. The summed E-state index contributed by atoms with van der Waals surface area (Å²) in [6.45, 7) is 6.85. The molecule has 0 saturated carbocycles. The average Bonchev–Trinajstić information content (AvgIpc) is 2.49. The van der Waals surface area contributed by atoms with Crippen LogP contribution in [0.2, 0.25) is 0 Å². The van der Waals surface area contributed by atoms with Gasteiger partial charge in [0.25, 0.3) is 0 Å². The van der Waals surface area contributed by atoms with Crippen molar-refractivity contribution in [2.24, 2.45) is 4.99 Å². The van der Waals surface area contributed by atoms with Gasteiger partial charge in [-0.1, -0.05) is 36.4 Å². The van der Waals surface area contributed by atoms with E-state index in [0.717, 1.165) is 5.56 Å². The predicted molar refractivity (Wildman–Crippen MR) is 82.7 cm³/mol. The normalized spacial score (nSPS) is 10.1. The molecular weight excluding hydrogens is 290 g/mol. The Labute approximate surface area is 125 Å². The first-order valence-electron chi connectivity index (χ1n) is 5.86. The molecule has 0 aliphatic carbocycles. The zero-order valence-electron chi connectivity index (χ0n) is 10.7. The van der Waals surface area contributed by atoms with Gasteiger partial charge in [-0.25, -0.2) is 13.6 Å². The molecular formula is C16H8F2N2S. The number of benzene rings is 2. The maximum atomic E-state index is 13.6. The van der Waals surface area contributed by atoms with Crippen LogP contribution in [0.25, 0.3) is 17.0 Å². The van der Waals surface area contributed by atoms with E-state index in [4.69, 9.17) is 6.57 Å². The lowest BCUT2D eigenvalue weighted by Gasteiger charge is -2.00. The lowest BCUT2D eigenvalue weighted by molar-refractivity contribution is 0.587. The zero-order valence-corrected chi connectivity index (χ0v) is 11.5. The van der Waals surface area contributed by atoms with Gasteiger partial charge in [0.15, 0.2) is 17.3 Å². The van der Waals surface area contributed by atoms with E-state index in [9.17, 15) is 8.78 Å². The van der Waals surface area contributed by atoms with Crippen LogP contribution in [-0.4, -0.2) is 5.16 Å². The van der Waals surface area contributed by atoms with Crippen molar-refractivity contribution in [2.75, 3.05) is 0 Å². The molecule has 0 aliphatic heterocycles. The van der Waals surface area contributed by atoms with E-state index in [1.165, 1.54) is 12.1 Å². The molecule has 0 amide bonds. The molecule has 0 N–H and O–H groups in total. The molecule has 2 nitrogen and oxygen atoms in total. The van der Waals surface area contributed by atoms with Crippen molar-refractivity contribution in [3.05, 3.63) is 70.6 Å². The molecule has 0 unspecified atom stereocenters. The number of hydrogen-bond donors (Lipinski definition) is 0. The maximum absolute atomic E-state index is 13.6. The van der Waals surface area contributed by atoms with Gasteiger partial charge in [0.1, 0.15) is 5.69 Å². The van der Waals surface area contributed by atoms with Crippen LogP contribution in [0.15, 0.2) is 41.4 Å². The first-order chi connectivity index (χ1) is 10.1. The molecule has 0 radical (unpaired) electrons. The first-order valence-corrected chi connectivity index (χ1v) is 6.27. The van der Waals surface area contributed by atoms with Gasteiger partial charge >= 0.3 is 0 Å². The summed E-state index contributed by atoms with van der Waals surface area (Å²) in [6, 6.07) is 9.18. The second-order valence-electron chi connectivity index (χ2n) is 4.07. The monoisotopic (exact) mass is 298 g/mol. The lowest BCUT2D eigenvalue weighted by atomic mass is 10.1. The molecule has 0 saturated heterocycles. The molecule has 2 aromatic rings. The summed E-state index contributed by atoms with van der Waals surface area (Å²) in [5.74, 6) is -1.59. The maximum Gasteiger partial charge on any atom is 0.187 e. The minimum Gasteiger partial charge on any atom is -0.238 e. The van der Waals surface area contributed by atoms with Crippen molar-refractivity contribution in [1.82, 2.24) is 0 Å². The number of hydrogen-bond acceptors (Lipinski definition) is 2. The Morgan fingerprint density at radius 2 is 1.62 bits per heavy atom. The Hall–Kier alpha value is -2.67. The zero-order chi connectivity index (χ0) is 15.2. The minimum absolute atomic E-state index is 0.363. The van der Waals surface area contributed by atoms with Crippen molar-refractivity contribution in [2.45, 2.75) is 0 Å². The fourth-order valence-corrected chi connectivity index (χ4v) is 1.78. The van der Waals surface area contributed by atoms with Crippen molar-refractivity contribution in [3.8, 4) is 0 Å². The summed E-state index contributed by atoms with van der Waals surface area (Å²) in [4.78, 5) is 6.63. The van der Waals surface area contributed by atoms with Crippen LogP contribution in [0.3, 0.4) is 0 Å². The van der Waals surface area contributed by atoms with Crippen molar-refractivity contribution >= 4 is 40.9 Å². The van der Waals surface area contributed by atoms with Crippen molar-refractivity contribution in [1.29, 1.82) is 0 Å². The molecule has 5 heteroatoms. The van der Waals surface area contributed by atoms with Gasteiger partial charge < -0.3 is 0 Å². The van der Waals surface area contributed by atoms with Gasteiger partial charge in [-0.3, -0.25) is 0 Å². The first kappa shape index (κ1) is 14.7. The molecule has 0 bridgehead atoms. The van der Waals surface area contributed by atoms with Gasteiger partial charge in [-0.05, 0) is 35.5 Å². The number of rotatable bonds is 3. The minimum atomic E-state index is -0.796. The largest absolute Gasteiger partial charge is 0.238 e. The Balaban J connectivity index is 2.29. The second kappa shape index (κ2) is 6.67. The van der Waals surface area contributed by atoms with Crippen LogP contribution in [0.4, 0.5) is 20.2 Å². The third kappa shape index (κ3) is 3.67. The van der Waals surface area contributed by atoms with Gasteiger partial charge in [-0.2, -0.15) is 4.99 Å². The number of isothiocyanates is 1. The average molecular weight is 298 g/mol. The third-order valence-electron chi connectivity index (χ3n) is 2.69. The van der Waals surface area contributed by atoms with Crippen LogP contribution in [0.1, 0.15) is 11.1 Å². The van der Waals surface area contributed by atoms with Crippen molar-refractivity contribution in [3.63, 3.8) is 0 Å².